The van der Waals surface area contributed by atoms with Gasteiger partial charge < -0.3 is 15.2 Å². The van der Waals surface area contributed by atoms with Crippen molar-refractivity contribution in [2.45, 2.75) is 55.8 Å². The highest BCUT2D eigenvalue weighted by atomic mass is 32.2. The monoisotopic (exact) mass is 566 g/mol. The predicted octanol–water partition coefficient (Wildman–Crippen LogP) is 4.96. The molecule has 0 saturated carbocycles. The van der Waals surface area contributed by atoms with Gasteiger partial charge in [0.2, 0.25) is 5.91 Å². The first-order chi connectivity index (χ1) is 18.8. The zero-order chi connectivity index (χ0) is 29.0. The Morgan fingerprint density at radius 3 is 2.52 bits per heavy atom. The van der Waals surface area contributed by atoms with Gasteiger partial charge in [-0.3, -0.25) is 9.69 Å². The van der Waals surface area contributed by atoms with Crippen LogP contribution >= 0.6 is 0 Å². The van der Waals surface area contributed by atoms with Crippen LogP contribution in [0.15, 0.2) is 65.6 Å². The molecule has 2 heterocycles. The summed E-state index contributed by atoms with van der Waals surface area (Å²) in [7, 11) is -3.84. The van der Waals surface area contributed by atoms with E-state index in [1.807, 2.05) is 24.3 Å². The summed E-state index contributed by atoms with van der Waals surface area (Å²) in [5.74, 6) is -1.07. The quantitative estimate of drug-likeness (QED) is 0.462. The lowest BCUT2D eigenvalue weighted by Gasteiger charge is -2.35. The van der Waals surface area contributed by atoms with Crippen LogP contribution in [0.1, 0.15) is 49.9 Å². The Morgan fingerprint density at radius 1 is 1.12 bits per heavy atom. The number of rotatable bonds is 4. The van der Waals surface area contributed by atoms with E-state index in [9.17, 15) is 27.5 Å². The van der Waals surface area contributed by atoms with Crippen molar-refractivity contribution >= 4 is 27.5 Å². The van der Waals surface area contributed by atoms with Gasteiger partial charge in [0.25, 0.3) is 0 Å². The molecule has 2 N–H and O–H groups in total. The molecule has 0 radical (unpaired) electrons. The van der Waals surface area contributed by atoms with Crippen LogP contribution in [0.25, 0.3) is 11.1 Å². The summed E-state index contributed by atoms with van der Waals surface area (Å²) in [5.41, 5.74) is 0.693. The number of benzene rings is 3. The molecule has 2 atom stereocenters. The standard InChI is InChI=1S/C30H31FN2O6S/c1-29(2,3)39-28(36)33-13-12-30(22-10-5-6-11-24(22)32-27(30)35)26(33)19-9-7-8-18(14-19)20-15-23(31)21(17-34)25(16-20)40(4,37)38/h5-11,14-16,26,34H,12-13,17H2,1-4H3,(H,32,35). The lowest BCUT2D eigenvalue weighted by molar-refractivity contribution is -0.121. The van der Waals surface area contributed by atoms with Crippen LogP contribution in [0.2, 0.25) is 0 Å². The number of para-hydroxylation sites is 1. The van der Waals surface area contributed by atoms with E-state index in [4.69, 9.17) is 4.74 Å². The normalized spacial score (nSPS) is 20.5. The molecule has 10 heteroatoms. The summed E-state index contributed by atoms with van der Waals surface area (Å²) < 4.78 is 45.5. The second kappa shape index (κ2) is 9.71. The fraction of sp³-hybridized carbons (Fsp3) is 0.333. The lowest BCUT2D eigenvalue weighted by atomic mass is 9.72. The van der Waals surface area contributed by atoms with Crippen LogP contribution < -0.4 is 5.32 Å². The Labute approximate surface area is 232 Å². The first-order valence-electron chi connectivity index (χ1n) is 12.9. The molecule has 5 rings (SSSR count). The maximum absolute atomic E-state index is 15.0. The van der Waals surface area contributed by atoms with Gasteiger partial charge in [0.05, 0.1) is 17.5 Å². The molecular formula is C30H31FN2O6S. The molecule has 3 aromatic carbocycles. The smallest absolute Gasteiger partial charge is 0.410 e. The fourth-order valence-electron chi connectivity index (χ4n) is 5.82. The van der Waals surface area contributed by atoms with Gasteiger partial charge in [-0.15, -0.1) is 0 Å². The van der Waals surface area contributed by atoms with Gasteiger partial charge >= 0.3 is 6.09 Å². The highest BCUT2D eigenvalue weighted by Gasteiger charge is 2.60. The third-order valence-corrected chi connectivity index (χ3v) is 8.63. The van der Waals surface area contributed by atoms with E-state index in [1.165, 1.54) is 12.1 Å². The molecule has 2 amide bonds. The number of aliphatic hydroxyl groups excluding tert-OH is 1. The highest BCUT2D eigenvalue weighted by molar-refractivity contribution is 7.90. The maximum atomic E-state index is 15.0. The third-order valence-electron chi connectivity index (χ3n) is 7.46. The third kappa shape index (κ3) is 4.65. The maximum Gasteiger partial charge on any atom is 0.410 e. The van der Waals surface area contributed by atoms with Gasteiger partial charge in [-0.05, 0) is 73.7 Å². The number of carbonyl (C=O) groups excluding carboxylic acids is 2. The number of nitrogens with one attached hydrogen (secondary N) is 1. The SMILES string of the molecule is CC(C)(C)OC(=O)N1CCC2(C(=O)Nc3ccccc32)C1c1cccc(-c2cc(F)c(CO)c(S(C)(=O)=O)c2)c1. The van der Waals surface area contributed by atoms with Gasteiger partial charge in [0.1, 0.15) is 16.8 Å². The van der Waals surface area contributed by atoms with Crippen molar-refractivity contribution in [3.63, 3.8) is 0 Å². The number of halogens is 1. The largest absolute Gasteiger partial charge is 0.444 e. The number of ether oxygens (including phenoxy) is 1. The van der Waals surface area contributed by atoms with Crippen LogP contribution in [0.5, 0.6) is 0 Å². The Morgan fingerprint density at radius 2 is 1.85 bits per heavy atom. The average molecular weight is 567 g/mol. The molecular weight excluding hydrogens is 535 g/mol. The summed E-state index contributed by atoms with van der Waals surface area (Å²) >= 11 is 0. The van der Waals surface area contributed by atoms with E-state index in [1.54, 1.807) is 49.9 Å². The molecule has 2 aliphatic rings. The summed E-state index contributed by atoms with van der Waals surface area (Å²) in [6.45, 7) is 4.82. The van der Waals surface area contributed by atoms with E-state index < -0.39 is 45.4 Å². The minimum Gasteiger partial charge on any atom is -0.444 e. The molecule has 2 unspecified atom stereocenters. The number of hydrogen-bond donors (Lipinski definition) is 2. The van der Waals surface area contributed by atoms with Crippen molar-refractivity contribution in [1.82, 2.24) is 4.90 Å². The molecule has 40 heavy (non-hydrogen) atoms. The number of amides is 2. The van der Waals surface area contributed by atoms with Crippen molar-refractivity contribution in [2.75, 3.05) is 18.1 Å². The van der Waals surface area contributed by atoms with E-state index in [0.717, 1.165) is 11.8 Å². The Bertz CT molecular complexity index is 1630. The number of sulfone groups is 1. The van der Waals surface area contributed by atoms with Crippen molar-refractivity contribution in [3.8, 4) is 11.1 Å². The lowest BCUT2D eigenvalue weighted by Crippen LogP contribution is -2.44. The van der Waals surface area contributed by atoms with Gasteiger partial charge in [-0.25, -0.2) is 17.6 Å². The second-order valence-electron chi connectivity index (χ2n) is 11.3. The first kappa shape index (κ1) is 27.8. The summed E-state index contributed by atoms with van der Waals surface area (Å²) in [5, 5.41) is 12.6. The number of anilines is 1. The summed E-state index contributed by atoms with van der Waals surface area (Å²) in [4.78, 5) is 28.4. The first-order valence-corrected chi connectivity index (χ1v) is 14.8. The zero-order valence-electron chi connectivity index (χ0n) is 22.7. The molecule has 8 nitrogen and oxygen atoms in total. The molecule has 1 spiro atoms. The number of hydrogen-bond acceptors (Lipinski definition) is 6. The molecule has 210 valence electrons. The number of carbonyl (C=O) groups is 2. The van der Waals surface area contributed by atoms with Crippen molar-refractivity contribution in [3.05, 3.63) is 83.2 Å². The van der Waals surface area contributed by atoms with Crippen LogP contribution in [0.3, 0.4) is 0 Å². The molecule has 0 aliphatic carbocycles. The molecule has 3 aromatic rings. The number of nitrogens with zero attached hydrogens (tertiary/aromatic N) is 1. The predicted molar refractivity (Wildman–Crippen MR) is 148 cm³/mol. The van der Waals surface area contributed by atoms with Gasteiger partial charge in [0, 0.05) is 24.1 Å². The molecule has 1 saturated heterocycles. The zero-order valence-corrected chi connectivity index (χ0v) is 23.5. The van der Waals surface area contributed by atoms with Crippen molar-refractivity contribution in [2.24, 2.45) is 0 Å². The van der Waals surface area contributed by atoms with Crippen molar-refractivity contribution in [1.29, 1.82) is 0 Å². The van der Waals surface area contributed by atoms with E-state index in [2.05, 4.69) is 5.32 Å². The topological polar surface area (TPSA) is 113 Å². The van der Waals surface area contributed by atoms with Crippen LogP contribution in [-0.2, 0) is 31.4 Å². The summed E-state index contributed by atoms with van der Waals surface area (Å²) in [6.07, 6.45) is 0.759. The minimum atomic E-state index is -3.84. The van der Waals surface area contributed by atoms with Crippen LogP contribution in [0, 0.1) is 5.82 Å². The van der Waals surface area contributed by atoms with Gasteiger partial charge in [-0.1, -0.05) is 36.4 Å². The fourth-order valence-corrected chi connectivity index (χ4v) is 6.77. The van der Waals surface area contributed by atoms with Gasteiger partial charge in [0.15, 0.2) is 9.84 Å². The van der Waals surface area contributed by atoms with E-state index in [0.29, 0.717) is 23.2 Å². The molecule has 1 fully saturated rings. The molecule has 0 aromatic heterocycles. The summed E-state index contributed by atoms with van der Waals surface area (Å²) in [6, 6.07) is 16.1. The highest BCUT2D eigenvalue weighted by Crippen LogP contribution is 2.55. The number of likely N-dealkylation sites (tertiary alicyclic amines) is 1. The van der Waals surface area contributed by atoms with Crippen LogP contribution in [-0.4, -0.2) is 48.8 Å². The second-order valence-corrected chi connectivity index (χ2v) is 13.3. The van der Waals surface area contributed by atoms with Gasteiger partial charge in [-0.2, -0.15) is 0 Å². The molecule has 0 bridgehead atoms. The Hall–Kier alpha value is -3.76. The van der Waals surface area contributed by atoms with E-state index in [-0.39, 0.29) is 28.5 Å². The van der Waals surface area contributed by atoms with Crippen molar-refractivity contribution < 1.29 is 32.2 Å². The molecule has 2 aliphatic heterocycles. The Balaban J connectivity index is 1.68. The number of fused-ring (bicyclic) bond motifs is 2. The van der Waals surface area contributed by atoms with Crippen LogP contribution in [0.4, 0.5) is 14.9 Å². The van der Waals surface area contributed by atoms with E-state index >= 15 is 0 Å². The number of aliphatic hydroxyl groups is 1. The Kier molecular flexibility index (Phi) is 6.74. The average Bonchev–Trinajstić information content (AvgIpc) is 3.41. The minimum absolute atomic E-state index is 0.229.